The fourth-order valence-corrected chi connectivity index (χ4v) is 1.83. The average molecular weight is 179 g/mol. The SMILES string of the molecule is CN1CCC(NCc2cc[nH]c2)C1. The molecule has 1 saturated heterocycles. The molecule has 0 spiro atoms. The van der Waals surface area contributed by atoms with Gasteiger partial charge in [-0.25, -0.2) is 0 Å². The number of likely N-dealkylation sites (tertiary alicyclic amines) is 1. The molecule has 2 heterocycles. The number of nitrogens with one attached hydrogen (secondary N) is 2. The van der Waals surface area contributed by atoms with Gasteiger partial charge in [-0.1, -0.05) is 0 Å². The highest BCUT2D eigenvalue weighted by Crippen LogP contribution is 2.07. The summed E-state index contributed by atoms with van der Waals surface area (Å²) >= 11 is 0. The van der Waals surface area contributed by atoms with Crippen molar-refractivity contribution in [3.05, 3.63) is 24.0 Å². The predicted molar refractivity (Wildman–Crippen MR) is 53.5 cm³/mol. The smallest absolute Gasteiger partial charge is 0.0223 e. The molecule has 1 atom stereocenters. The molecule has 1 unspecified atom stereocenters. The van der Waals surface area contributed by atoms with E-state index in [0.717, 1.165) is 6.54 Å². The van der Waals surface area contributed by atoms with E-state index in [0.29, 0.717) is 6.04 Å². The van der Waals surface area contributed by atoms with Crippen LogP contribution in [0.4, 0.5) is 0 Å². The Hall–Kier alpha value is -0.800. The first-order valence-electron chi connectivity index (χ1n) is 4.88. The van der Waals surface area contributed by atoms with Gasteiger partial charge >= 0.3 is 0 Å². The molecular formula is C10H17N3. The van der Waals surface area contributed by atoms with Gasteiger partial charge < -0.3 is 15.2 Å². The number of aromatic nitrogens is 1. The van der Waals surface area contributed by atoms with Crippen LogP contribution in [-0.4, -0.2) is 36.1 Å². The fourth-order valence-electron chi connectivity index (χ4n) is 1.83. The number of hydrogen-bond acceptors (Lipinski definition) is 2. The molecule has 0 amide bonds. The molecule has 0 radical (unpaired) electrons. The van der Waals surface area contributed by atoms with Gasteiger partial charge in [-0.3, -0.25) is 0 Å². The van der Waals surface area contributed by atoms with Crippen LogP contribution in [0.1, 0.15) is 12.0 Å². The molecule has 0 bridgehead atoms. The Morgan fingerprint density at radius 1 is 1.69 bits per heavy atom. The molecule has 2 rings (SSSR count). The van der Waals surface area contributed by atoms with Gasteiger partial charge in [0.15, 0.2) is 0 Å². The van der Waals surface area contributed by atoms with Gasteiger partial charge in [0.05, 0.1) is 0 Å². The molecule has 0 aromatic carbocycles. The molecule has 1 aliphatic heterocycles. The summed E-state index contributed by atoms with van der Waals surface area (Å²) in [6.45, 7) is 3.40. The summed E-state index contributed by atoms with van der Waals surface area (Å²) in [6.07, 6.45) is 5.30. The topological polar surface area (TPSA) is 31.1 Å². The van der Waals surface area contributed by atoms with Crippen molar-refractivity contribution in [2.75, 3.05) is 20.1 Å². The first-order valence-corrected chi connectivity index (χ1v) is 4.88. The van der Waals surface area contributed by atoms with Crippen molar-refractivity contribution in [3.63, 3.8) is 0 Å². The number of likely N-dealkylation sites (N-methyl/N-ethyl adjacent to an activating group) is 1. The van der Waals surface area contributed by atoms with Crippen LogP contribution < -0.4 is 5.32 Å². The zero-order chi connectivity index (χ0) is 9.10. The molecule has 0 aliphatic carbocycles. The molecule has 0 saturated carbocycles. The van der Waals surface area contributed by atoms with E-state index in [9.17, 15) is 0 Å². The number of hydrogen-bond donors (Lipinski definition) is 2. The van der Waals surface area contributed by atoms with E-state index in [1.54, 1.807) is 0 Å². The highest BCUT2D eigenvalue weighted by atomic mass is 15.2. The lowest BCUT2D eigenvalue weighted by atomic mass is 10.2. The van der Waals surface area contributed by atoms with Gasteiger partial charge in [-0.05, 0) is 31.6 Å². The van der Waals surface area contributed by atoms with Crippen molar-refractivity contribution >= 4 is 0 Å². The summed E-state index contributed by atoms with van der Waals surface area (Å²) in [5, 5.41) is 3.55. The van der Waals surface area contributed by atoms with Crippen molar-refractivity contribution < 1.29 is 0 Å². The highest BCUT2D eigenvalue weighted by Gasteiger charge is 2.18. The third-order valence-corrected chi connectivity index (χ3v) is 2.65. The first kappa shape index (κ1) is 8.78. The Bertz CT molecular complexity index is 243. The molecule has 72 valence electrons. The third-order valence-electron chi connectivity index (χ3n) is 2.65. The van der Waals surface area contributed by atoms with E-state index in [4.69, 9.17) is 0 Å². The average Bonchev–Trinajstić information content (AvgIpc) is 2.71. The minimum absolute atomic E-state index is 0.680. The Morgan fingerprint density at radius 2 is 2.62 bits per heavy atom. The minimum atomic E-state index is 0.680. The Kier molecular flexibility index (Phi) is 2.66. The number of aromatic amines is 1. The predicted octanol–water partition coefficient (Wildman–Crippen LogP) is 0.808. The Labute approximate surface area is 79.1 Å². The van der Waals surface area contributed by atoms with Gasteiger partial charge in [0.25, 0.3) is 0 Å². The van der Waals surface area contributed by atoms with Crippen molar-refractivity contribution in [3.8, 4) is 0 Å². The maximum Gasteiger partial charge on any atom is 0.0223 e. The molecule has 1 fully saturated rings. The van der Waals surface area contributed by atoms with Crippen LogP contribution in [0, 0.1) is 0 Å². The second-order valence-corrected chi connectivity index (χ2v) is 3.85. The van der Waals surface area contributed by atoms with Crippen LogP contribution in [-0.2, 0) is 6.54 Å². The monoisotopic (exact) mass is 179 g/mol. The summed E-state index contributed by atoms with van der Waals surface area (Å²) in [5.74, 6) is 0. The van der Waals surface area contributed by atoms with E-state index in [2.05, 4.69) is 28.3 Å². The second-order valence-electron chi connectivity index (χ2n) is 3.85. The van der Waals surface area contributed by atoms with Gasteiger partial charge in [0.1, 0.15) is 0 Å². The lowest BCUT2D eigenvalue weighted by molar-refractivity contribution is 0.398. The number of rotatable bonds is 3. The number of nitrogens with zero attached hydrogens (tertiary/aromatic N) is 1. The van der Waals surface area contributed by atoms with Crippen molar-refractivity contribution in [2.24, 2.45) is 0 Å². The summed E-state index contributed by atoms with van der Waals surface area (Å²) in [4.78, 5) is 5.43. The first-order chi connectivity index (χ1) is 6.34. The molecule has 13 heavy (non-hydrogen) atoms. The Balaban J connectivity index is 1.74. The van der Waals surface area contributed by atoms with E-state index >= 15 is 0 Å². The molecule has 3 heteroatoms. The fraction of sp³-hybridized carbons (Fsp3) is 0.600. The zero-order valence-electron chi connectivity index (χ0n) is 8.09. The van der Waals surface area contributed by atoms with E-state index in [-0.39, 0.29) is 0 Å². The normalized spacial score (nSPS) is 23.9. The van der Waals surface area contributed by atoms with Crippen LogP contribution >= 0.6 is 0 Å². The van der Waals surface area contributed by atoms with Gasteiger partial charge in [0, 0.05) is 31.5 Å². The minimum Gasteiger partial charge on any atom is -0.367 e. The standard InChI is InChI=1S/C10H17N3/c1-13-5-3-10(8-13)12-7-9-2-4-11-6-9/h2,4,6,10-12H,3,5,7-8H2,1H3. The summed E-state index contributed by atoms with van der Waals surface area (Å²) in [5.41, 5.74) is 1.34. The lowest BCUT2D eigenvalue weighted by Gasteiger charge is -2.11. The maximum atomic E-state index is 3.55. The molecule has 1 aromatic rings. The Morgan fingerprint density at radius 3 is 3.23 bits per heavy atom. The molecule has 3 nitrogen and oxygen atoms in total. The van der Waals surface area contributed by atoms with Crippen LogP contribution in [0.25, 0.3) is 0 Å². The van der Waals surface area contributed by atoms with Crippen molar-refractivity contribution in [2.45, 2.75) is 19.0 Å². The largest absolute Gasteiger partial charge is 0.367 e. The van der Waals surface area contributed by atoms with E-state index in [1.807, 2.05) is 12.4 Å². The van der Waals surface area contributed by atoms with Gasteiger partial charge in [-0.15, -0.1) is 0 Å². The third kappa shape index (κ3) is 2.32. The van der Waals surface area contributed by atoms with Crippen LogP contribution in [0.2, 0.25) is 0 Å². The maximum absolute atomic E-state index is 3.55. The molecular weight excluding hydrogens is 162 g/mol. The quantitative estimate of drug-likeness (QED) is 0.719. The molecule has 2 N–H and O–H groups in total. The van der Waals surface area contributed by atoms with Crippen LogP contribution in [0.3, 0.4) is 0 Å². The van der Waals surface area contributed by atoms with Gasteiger partial charge in [-0.2, -0.15) is 0 Å². The van der Waals surface area contributed by atoms with Crippen molar-refractivity contribution in [1.29, 1.82) is 0 Å². The number of H-pyrrole nitrogens is 1. The second kappa shape index (κ2) is 3.94. The van der Waals surface area contributed by atoms with E-state index < -0.39 is 0 Å². The van der Waals surface area contributed by atoms with Crippen LogP contribution in [0.15, 0.2) is 18.5 Å². The lowest BCUT2D eigenvalue weighted by Crippen LogP contribution is -2.30. The summed E-state index contributed by atoms with van der Waals surface area (Å²) in [6, 6.07) is 2.80. The highest BCUT2D eigenvalue weighted by molar-refractivity contribution is 5.07. The zero-order valence-corrected chi connectivity index (χ0v) is 8.09. The molecule has 1 aromatic heterocycles. The molecule has 1 aliphatic rings. The summed E-state index contributed by atoms with van der Waals surface area (Å²) in [7, 11) is 2.18. The van der Waals surface area contributed by atoms with Gasteiger partial charge in [0.2, 0.25) is 0 Å². The van der Waals surface area contributed by atoms with Crippen LogP contribution in [0.5, 0.6) is 0 Å². The van der Waals surface area contributed by atoms with E-state index in [1.165, 1.54) is 25.1 Å². The summed E-state index contributed by atoms with van der Waals surface area (Å²) < 4.78 is 0. The van der Waals surface area contributed by atoms with Crippen molar-refractivity contribution in [1.82, 2.24) is 15.2 Å².